The fourth-order valence-corrected chi connectivity index (χ4v) is 2.89. The maximum Gasteiger partial charge on any atom is 0.151 e. The van der Waals surface area contributed by atoms with Gasteiger partial charge in [-0.3, -0.25) is 0 Å². The SMILES string of the molecule is Cc1cc(Br)c2nc(-c3ccc(Br)c(F)c3)cn2c1. The van der Waals surface area contributed by atoms with Gasteiger partial charge in [0.15, 0.2) is 5.65 Å². The first-order chi connectivity index (χ1) is 9.04. The van der Waals surface area contributed by atoms with E-state index in [1.54, 1.807) is 6.07 Å². The number of rotatable bonds is 1. The summed E-state index contributed by atoms with van der Waals surface area (Å²) in [5, 5.41) is 0. The van der Waals surface area contributed by atoms with Gasteiger partial charge < -0.3 is 4.40 Å². The fourth-order valence-electron chi connectivity index (χ4n) is 1.98. The van der Waals surface area contributed by atoms with Crippen molar-refractivity contribution in [2.45, 2.75) is 6.92 Å². The third-order valence-corrected chi connectivity index (χ3v) is 4.09. The number of fused-ring (bicyclic) bond motifs is 1. The maximum absolute atomic E-state index is 13.6. The zero-order valence-electron chi connectivity index (χ0n) is 9.99. The average molecular weight is 384 g/mol. The molecule has 0 radical (unpaired) electrons. The van der Waals surface area contributed by atoms with Crippen LogP contribution in [0.25, 0.3) is 16.9 Å². The Morgan fingerprint density at radius 3 is 2.63 bits per heavy atom. The number of aromatic nitrogens is 2. The van der Waals surface area contributed by atoms with E-state index >= 15 is 0 Å². The molecular formula is C14H9Br2FN2. The molecule has 1 aromatic carbocycles. The Labute approximate surface area is 126 Å². The second kappa shape index (κ2) is 4.72. The van der Waals surface area contributed by atoms with Gasteiger partial charge in [-0.15, -0.1) is 0 Å². The van der Waals surface area contributed by atoms with Crippen molar-refractivity contribution in [3.8, 4) is 11.3 Å². The second-order valence-electron chi connectivity index (χ2n) is 4.35. The number of nitrogens with zero attached hydrogens (tertiary/aromatic N) is 2. The molecular weight excluding hydrogens is 375 g/mol. The van der Waals surface area contributed by atoms with Gasteiger partial charge in [-0.2, -0.15) is 0 Å². The fraction of sp³-hybridized carbons (Fsp3) is 0.0714. The summed E-state index contributed by atoms with van der Waals surface area (Å²) in [7, 11) is 0. The minimum absolute atomic E-state index is 0.287. The highest BCUT2D eigenvalue weighted by molar-refractivity contribution is 9.11. The van der Waals surface area contributed by atoms with Gasteiger partial charge in [0, 0.05) is 18.0 Å². The molecule has 2 aromatic heterocycles. The average Bonchev–Trinajstić information content (AvgIpc) is 2.76. The highest BCUT2D eigenvalue weighted by Gasteiger charge is 2.09. The first kappa shape index (κ1) is 12.8. The van der Waals surface area contributed by atoms with Gasteiger partial charge in [0.2, 0.25) is 0 Å². The third-order valence-electron chi connectivity index (χ3n) is 2.86. The predicted octanol–water partition coefficient (Wildman–Crippen LogP) is 4.97. The zero-order valence-corrected chi connectivity index (χ0v) is 13.2. The van der Waals surface area contributed by atoms with Crippen LogP contribution in [-0.4, -0.2) is 9.38 Å². The zero-order chi connectivity index (χ0) is 13.6. The summed E-state index contributed by atoms with van der Waals surface area (Å²) in [5.74, 6) is -0.287. The minimum Gasteiger partial charge on any atom is -0.305 e. The lowest BCUT2D eigenvalue weighted by atomic mass is 10.2. The lowest BCUT2D eigenvalue weighted by molar-refractivity contribution is 0.621. The molecule has 0 unspecified atom stereocenters. The van der Waals surface area contributed by atoms with Crippen molar-refractivity contribution in [2.24, 2.45) is 0 Å². The Hall–Kier alpha value is -1.20. The van der Waals surface area contributed by atoms with Crippen LogP contribution in [0, 0.1) is 12.7 Å². The summed E-state index contributed by atoms with van der Waals surface area (Å²) < 4.78 is 16.9. The van der Waals surface area contributed by atoms with Crippen LogP contribution in [0.4, 0.5) is 4.39 Å². The van der Waals surface area contributed by atoms with Crippen molar-refractivity contribution in [1.82, 2.24) is 9.38 Å². The monoisotopic (exact) mass is 382 g/mol. The van der Waals surface area contributed by atoms with Crippen molar-refractivity contribution in [2.75, 3.05) is 0 Å². The Morgan fingerprint density at radius 2 is 1.89 bits per heavy atom. The summed E-state index contributed by atoms with van der Waals surface area (Å²) in [6.07, 6.45) is 3.89. The van der Waals surface area contributed by atoms with Gasteiger partial charge in [-0.05, 0) is 62.5 Å². The molecule has 19 heavy (non-hydrogen) atoms. The maximum atomic E-state index is 13.6. The summed E-state index contributed by atoms with van der Waals surface area (Å²) in [5.41, 5.74) is 3.46. The first-order valence-electron chi connectivity index (χ1n) is 5.65. The van der Waals surface area contributed by atoms with Gasteiger partial charge in [0.1, 0.15) is 5.82 Å². The van der Waals surface area contributed by atoms with E-state index in [2.05, 4.69) is 36.8 Å². The minimum atomic E-state index is -0.287. The molecule has 0 bridgehead atoms. The van der Waals surface area contributed by atoms with Crippen LogP contribution < -0.4 is 0 Å². The van der Waals surface area contributed by atoms with Crippen LogP contribution in [0.3, 0.4) is 0 Å². The quantitative estimate of drug-likeness (QED) is 0.579. The van der Waals surface area contributed by atoms with Gasteiger partial charge in [-0.25, -0.2) is 9.37 Å². The number of halogens is 3. The molecule has 0 amide bonds. The molecule has 0 aliphatic heterocycles. The van der Waals surface area contributed by atoms with Gasteiger partial charge >= 0.3 is 0 Å². The van der Waals surface area contributed by atoms with Gasteiger partial charge in [0.05, 0.1) is 14.6 Å². The topological polar surface area (TPSA) is 17.3 Å². The lowest BCUT2D eigenvalue weighted by Gasteiger charge is -1.98. The normalized spacial score (nSPS) is 11.2. The van der Waals surface area contributed by atoms with Crippen LogP contribution in [0.15, 0.2) is 45.6 Å². The molecule has 3 rings (SSSR count). The molecule has 0 aliphatic carbocycles. The molecule has 2 nitrogen and oxygen atoms in total. The molecule has 0 N–H and O–H groups in total. The van der Waals surface area contributed by atoms with E-state index in [0.29, 0.717) is 4.47 Å². The molecule has 0 saturated carbocycles. The highest BCUT2D eigenvalue weighted by atomic mass is 79.9. The number of benzene rings is 1. The molecule has 3 aromatic rings. The highest BCUT2D eigenvalue weighted by Crippen LogP contribution is 2.26. The molecule has 2 heterocycles. The van der Waals surface area contributed by atoms with Crippen LogP contribution in [0.5, 0.6) is 0 Å². The van der Waals surface area contributed by atoms with Crippen molar-refractivity contribution in [3.05, 3.63) is 57.0 Å². The predicted molar refractivity (Wildman–Crippen MR) is 80.7 cm³/mol. The number of hydrogen-bond donors (Lipinski definition) is 0. The summed E-state index contributed by atoms with van der Waals surface area (Å²) in [4.78, 5) is 4.53. The van der Waals surface area contributed by atoms with Crippen LogP contribution in [-0.2, 0) is 0 Å². The Balaban J connectivity index is 2.20. The van der Waals surface area contributed by atoms with Crippen molar-refractivity contribution in [3.63, 3.8) is 0 Å². The number of imidazole rings is 1. The third kappa shape index (κ3) is 2.32. The van der Waals surface area contributed by atoms with E-state index in [9.17, 15) is 4.39 Å². The lowest BCUT2D eigenvalue weighted by Crippen LogP contribution is -1.85. The number of hydrogen-bond acceptors (Lipinski definition) is 1. The van der Waals surface area contributed by atoms with E-state index in [0.717, 1.165) is 26.9 Å². The van der Waals surface area contributed by atoms with Crippen LogP contribution in [0.2, 0.25) is 0 Å². The van der Waals surface area contributed by atoms with E-state index in [1.807, 2.05) is 35.9 Å². The van der Waals surface area contributed by atoms with Crippen molar-refractivity contribution < 1.29 is 4.39 Å². The summed E-state index contributed by atoms with van der Waals surface area (Å²) >= 11 is 6.64. The van der Waals surface area contributed by atoms with Gasteiger partial charge in [0.25, 0.3) is 0 Å². The smallest absolute Gasteiger partial charge is 0.151 e. The number of pyridine rings is 1. The molecule has 0 saturated heterocycles. The molecule has 5 heteroatoms. The Kier molecular flexibility index (Phi) is 3.19. The molecule has 0 fully saturated rings. The van der Waals surface area contributed by atoms with E-state index < -0.39 is 0 Å². The largest absolute Gasteiger partial charge is 0.305 e. The van der Waals surface area contributed by atoms with E-state index in [-0.39, 0.29) is 5.82 Å². The standard InChI is InChI=1S/C14H9Br2FN2/c1-8-4-11(16)14-18-13(7-19(14)6-8)9-2-3-10(15)12(17)5-9/h2-7H,1H3. The number of aryl methyl sites for hydroxylation is 1. The summed E-state index contributed by atoms with van der Waals surface area (Å²) in [6.45, 7) is 2.02. The van der Waals surface area contributed by atoms with Crippen molar-refractivity contribution >= 4 is 37.5 Å². The van der Waals surface area contributed by atoms with E-state index in [4.69, 9.17) is 0 Å². The molecule has 0 atom stereocenters. The van der Waals surface area contributed by atoms with Gasteiger partial charge in [-0.1, -0.05) is 6.07 Å². The molecule has 0 spiro atoms. The van der Waals surface area contributed by atoms with Crippen molar-refractivity contribution in [1.29, 1.82) is 0 Å². The molecule has 0 aliphatic rings. The van der Waals surface area contributed by atoms with E-state index in [1.165, 1.54) is 6.07 Å². The first-order valence-corrected chi connectivity index (χ1v) is 7.23. The molecule has 96 valence electrons. The Bertz CT molecular complexity index is 780. The Morgan fingerprint density at radius 1 is 1.11 bits per heavy atom. The van der Waals surface area contributed by atoms with Crippen LogP contribution >= 0.6 is 31.9 Å². The van der Waals surface area contributed by atoms with Crippen LogP contribution in [0.1, 0.15) is 5.56 Å². The summed E-state index contributed by atoms with van der Waals surface area (Å²) in [6, 6.07) is 7.02. The second-order valence-corrected chi connectivity index (χ2v) is 6.06.